The van der Waals surface area contributed by atoms with Crippen LogP contribution in [0.3, 0.4) is 0 Å². The van der Waals surface area contributed by atoms with Crippen LogP contribution < -0.4 is 11.2 Å². The van der Waals surface area contributed by atoms with Gasteiger partial charge in [-0.15, -0.1) is 0 Å². The Morgan fingerprint density at radius 2 is 2.39 bits per heavy atom. The van der Waals surface area contributed by atoms with Crippen LogP contribution in [0, 0.1) is 0 Å². The molecule has 2 rings (SSSR count). The van der Waals surface area contributed by atoms with Gasteiger partial charge in [-0.1, -0.05) is 0 Å². The van der Waals surface area contributed by atoms with Gasteiger partial charge >= 0.3 is 5.69 Å². The van der Waals surface area contributed by atoms with E-state index in [1.165, 1.54) is 0 Å². The molecule has 1 aromatic heterocycles. The quantitative estimate of drug-likeness (QED) is 0.468. The number of nitrogens with zero attached hydrogens (tertiary/aromatic N) is 1. The number of aromatic nitrogens is 2. The number of hydrogen-bond donors (Lipinski definition) is 4. The number of aliphatic hydroxyl groups excluding tert-OH is 1. The third kappa shape index (κ3) is 1.89. The standard InChI is InChI=1S/C10H14N2O6/c1-10(17)7(15)5(4-13)18-8(10)12-3-2-6(14)11-9(12)16/h2-3,5,7-8,13,15,17H,4H2,1H3,(H,11,14,16)/t5?,7-,8?,10-/m1/s1/i2D,4D2. The van der Waals surface area contributed by atoms with Gasteiger partial charge in [0, 0.05) is 12.2 Å². The summed E-state index contributed by atoms with van der Waals surface area (Å²) in [5.41, 5.74) is -4.08. The predicted octanol–water partition coefficient (Wildman–Crippen LogP) is -2.46. The topological polar surface area (TPSA) is 125 Å². The molecule has 0 amide bonds. The Labute approximate surface area is 105 Å². The number of aliphatic hydroxyl groups is 3. The van der Waals surface area contributed by atoms with Gasteiger partial charge in [-0.3, -0.25) is 14.3 Å². The number of aromatic amines is 1. The second-order valence-corrected chi connectivity index (χ2v) is 4.15. The summed E-state index contributed by atoms with van der Waals surface area (Å²) in [6, 6.07) is -0.584. The van der Waals surface area contributed by atoms with Gasteiger partial charge in [0.1, 0.15) is 17.8 Å². The summed E-state index contributed by atoms with van der Waals surface area (Å²) in [6.45, 7) is -1.89. The lowest BCUT2D eigenvalue weighted by atomic mass is 9.96. The van der Waals surface area contributed by atoms with E-state index in [4.69, 9.17) is 8.85 Å². The molecule has 18 heavy (non-hydrogen) atoms. The highest BCUT2D eigenvalue weighted by molar-refractivity contribution is 5.00. The van der Waals surface area contributed by atoms with Crippen LogP contribution in [0.15, 0.2) is 21.8 Å². The maximum atomic E-state index is 11.7. The van der Waals surface area contributed by atoms with Crippen LogP contribution >= 0.6 is 0 Å². The molecule has 0 saturated carbocycles. The Hall–Kier alpha value is -1.48. The van der Waals surface area contributed by atoms with Crippen LogP contribution in [0.2, 0.25) is 0 Å². The van der Waals surface area contributed by atoms with E-state index in [0.29, 0.717) is 4.57 Å². The predicted molar refractivity (Wildman–Crippen MR) is 58.9 cm³/mol. The van der Waals surface area contributed by atoms with E-state index < -0.39 is 47.9 Å². The molecule has 1 aromatic rings. The highest BCUT2D eigenvalue weighted by Crippen LogP contribution is 2.36. The van der Waals surface area contributed by atoms with Gasteiger partial charge < -0.3 is 20.1 Å². The molecule has 8 heteroatoms. The third-order valence-corrected chi connectivity index (χ3v) is 2.83. The summed E-state index contributed by atoms with van der Waals surface area (Å²) < 4.78 is 27.4. The maximum Gasteiger partial charge on any atom is 0.330 e. The second kappa shape index (κ2) is 4.32. The van der Waals surface area contributed by atoms with Crippen LogP contribution in [0.1, 0.15) is 17.3 Å². The fourth-order valence-corrected chi connectivity index (χ4v) is 1.81. The molecular formula is C10H14N2O6. The fraction of sp³-hybridized carbons (Fsp3) is 0.600. The lowest BCUT2D eigenvalue weighted by Gasteiger charge is -2.27. The Bertz CT molecular complexity index is 664. The molecule has 0 radical (unpaired) electrons. The molecular weight excluding hydrogens is 244 g/mol. The van der Waals surface area contributed by atoms with Crippen molar-refractivity contribution in [2.75, 3.05) is 6.56 Å². The van der Waals surface area contributed by atoms with Crippen LogP contribution in [0.5, 0.6) is 0 Å². The third-order valence-electron chi connectivity index (χ3n) is 2.83. The number of hydrogen-bond acceptors (Lipinski definition) is 6. The van der Waals surface area contributed by atoms with Gasteiger partial charge in [-0.25, -0.2) is 4.79 Å². The minimum Gasteiger partial charge on any atom is -0.394 e. The molecule has 100 valence electrons. The molecule has 1 aliphatic rings. The summed E-state index contributed by atoms with van der Waals surface area (Å²) in [7, 11) is 0. The maximum absolute atomic E-state index is 11.7. The van der Waals surface area contributed by atoms with E-state index in [1.54, 1.807) is 0 Å². The highest BCUT2D eigenvalue weighted by Gasteiger charge is 2.53. The van der Waals surface area contributed by atoms with E-state index >= 15 is 0 Å². The molecule has 1 aliphatic heterocycles. The van der Waals surface area contributed by atoms with Crippen LogP contribution in [0.4, 0.5) is 0 Å². The molecule has 1 fully saturated rings. The molecule has 0 bridgehead atoms. The van der Waals surface area contributed by atoms with E-state index in [1.807, 2.05) is 4.98 Å². The first-order valence-electron chi connectivity index (χ1n) is 6.56. The van der Waals surface area contributed by atoms with Crippen molar-refractivity contribution in [3.63, 3.8) is 0 Å². The number of rotatable bonds is 2. The molecule has 0 aromatic carbocycles. The largest absolute Gasteiger partial charge is 0.394 e. The van der Waals surface area contributed by atoms with Crippen molar-refractivity contribution < 1.29 is 24.2 Å². The monoisotopic (exact) mass is 261 g/mol. The van der Waals surface area contributed by atoms with Gasteiger partial charge in [0.25, 0.3) is 5.56 Å². The van der Waals surface area contributed by atoms with Gasteiger partial charge in [0.15, 0.2) is 6.23 Å². The van der Waals surface area contributed by atoms with Gasteiger partial charge in [0.2, 0.25) is 0 Å². The molecule has 0 spiro atoms. The van der Waals surface area contributed by atoms with Crippen molar-refractivity contribution >= 4 is 0 Å². The number of nitrogens with one attached hydrogen (secondary N) is 1. The Balaban J connectivity index is 2.53. The van der Waals surface area contributed by atoms with E-state index in [0.717, 1.165) is 13.1 Å². The molecule has 4 atom stereocenters. The highest BCUT2D eigenvalue weighted by atomic mass is 16.6. The summed E-state index contributed by atoms with van der Waals surface area (Å²) >= 11 is 0. The average Bonchev–Trinajstić information content (AvgIpc) is 2.56. The van der Waals surface area contributed by atoms with Crippen molar-refractivity contribution in [2.24, 2.45) is 0 Å². The summed E-state index contributed by atoms with van der Waals surface area (Å²) in [4.78, 5) is 24.7. The van der Waals surface area contributed by atoms with Crippen molar-refractivity contribution in [3.05, 3.63) is 33.1 Å². The van der Waals surface area contributed by atoms with Crippen molar-refractivity contribution in [1.29, 1.82) is 0 Å². The SMILES string of the molecule is [2H]c1cn(C2OC(C([2H])([2H])O)[C@@H](O)[C@@]2(C)O)c(=O)[nH]c1=O. The zero-order valence-electron chi connectivity index (χ0n) is 12.3. The number of ether oxygens (including phenoxy) is 1. The first kappa shape index (κ1) is 9.45. The summed E-state index contributed by atoms with van der Waals surface area (Å²) in [5, 5.41) is 29.4. The van der Waals surface area contributed by atoms with Crippen molar-refractivity contribution in [3.8, 4) is 0 Å². The summed E-state index contributed by atoms with van der Waals surface area (Å²) in [5.74, 6) is 0. The first-order chi connectivity index (χ1) is 9.46. The molecule has 8 nitrogen and oxygen atoms in total. The Morgan fingerprint density at radius 1 is 1.72 bits per heavy atom. The zero-order valence-corrected chi connectivity index (χ0v) is 9.32. The fourth-order valence-electron chi connectivity index (χ4n) is 1.81. The minimum atomic E-state index is -2.96. The van der Waals surface area contributed by atoms with Crippen molar-refractivity contribution in [1.82, 2.24) is 9.55 Å². The second-order valence-electron chi connectivity index (χ2n) is 4.15. The van der Waals surface area contributed by atoms with Crippen molar-refractivity contribution in [2.45, 2.75) is 31.0 Å². The molecule has 2 unspecified atom stereocenters. The first-order valence-corrected chi connectivity index (χ1v) is 5.06. The Kier molecular flexibility index (Phi) is 2.27. The van der Waals surface area contributed by atoms with E-state index in [2.05, 4.69) is 0 Å². The lowest BCUT2D eigenvalue weighted by Crippen LogP contribution is -2.46. The molecule has 1 saturated heterocycles. The Morgan fingerprint density at radius 3 is 2.94 bits per heavy atom. The lowest BCUT2D eigenvalue weighted by molar-refractivity contribution is -0.0987. The molecule has 4 N–H and O–H groups in total. The summed E-state index contributed by atoms with van der Waals surface area (Å²) in [6.07, 6.45) is -4.45. The average molecular weight is 261 g/mol. The van der Waals surface area contributed by atoms with Crippen LogP contribution in [-0.4, -0.2) is 49.2 Å². The minimum absolute atomic E-state index is 0.584. The number of H-pyrrole nitrogens is 1. The van der Waals surface area contributed by atoms with E-state index in [9.17, 15) is 24.9 Å². The molecule has 2 heterocycles. The van der Waals surface area contributed by atoms with Gasteiger partial charge in [-0.05, 0) is 6.92 Å². The van der Waals surface area contributed by atoms with Crippen LogP contribution in [-0.2, 0) is 4.74 Å². The normalized spacial score (nSPS) is 39.1. The van der Waals surface area contributed by atoms with E-state index in [-0.39, 0.29) is 0 Å². The zero-order chi connectivity index (χ0) is 16.2. The smallest absolute Gasteiger partial charge is 0.330 e. The van der Waals surface area contributed by atoms with Gasteiger partial charge in [-0.2, -0.15) is 0 Å². The van der Waals surface area contributed by atoms with Gasteiger partial charge in [0.05, 0.1) is 10.7 Å². The molecule has 0 aliphatic carbocycles. The van der Waals surface area contributed by atoms with Crippen LogP contribution in [0.25, 0.3) is 0 Å².